The molecule has 0 aliphatic carbocycles. The number of hydrogen-bond acceptors (Lipinski definition) is 5. The topological polar surface area (TPSA) is 80.7 Å². The van der Waals surface area contributed by atoms with Crippen LogP contribution in [0.3, 0.4) is 0 Å². The van der Waals surface area contributed by atoms with E-state index in [1.807, 2.05) is 20.8 Å². The van der Waals surface area contributed by atoms with Crippen LogP contribution in [0.25, 0.3) is 0 Å². The van der Waals surface area contributed by atoms with E-state index in [1.165, 1.54) is 6.20 Å². The molecule has 124 valence electrons. The fraction of sp³-hybridized carbons (Fsp3) is 0.625. The van der Waals surface area contributed by atoms with Crippen LogP contribution in [-0.2, 0) is 4.74 Å². The molecule has 0 aliphatic rings. The number of amides is 1. The summed E-state index contributed by atoms with van der Waals surface area (Å²) >= 11 is 0. The molecule has 1 rings (SSSR count). The molecule has 0 aromatic carbocycles. The van der Waals surface area contributed by atoms with Gasteiger partial charge in [-0.05, 0) is 40.7 Å². The summed E-state index contributed by atoms with van der Waals surface area (Å²) in [5, 5.41) is 11.9. The van der Waals surface area contributed by atoms with Crippen LogP contribution in [-0.4, -0.2) is 47.0 Å². The standard InChI is InChI=1S/C16H26N2O4/c1-15(2,3)22-9-8-21-13-7-6-12(10-17-13)14(20)18-16(4,5)11-19/h6-7,10,19H,8-9,11H2,1-5H3,(H,18,20). The van der Waals surface area contributed by atoms with Crippen molar-refractivity contribution in [1.29, 1.82) is 0 Å². The predicted octanol–water partition coefficient (Wildman–Crippen LogP) is 1.78. The average Bonchev–Trinajstić information content (AvgIpc) is 2.43. The van der Waals surface area contributed by atoms with E-state index in [-0.39, 0.29) is 18.1 Å². The number of nitrogens with one attached hydrogen (secondary N) is 1. The van der Waals surface area contributed by atoms with E-state index >= 15 is 0 Å². The molecule has 1 aromatic rings. The van der Waals surface area contributed by atoms with Crippen molar-refractivity contribution < 1.29 is 19.4 Å². The molecule has 0 saturated heterocycles. The van der Waals surface area contributed by atoms with E-state index in [9.17, 15) is 4.79 Å². The van der Waals surface area contributed by atoms with Crippen molar-refractivity contribution in [3.8, 4) is 5.88 Å². The van der Waals surface area contributed by atoms with Crippen LogP contribution in [0.4, 0.5) is 0 Å². The minimum atomic E-state index is -0.670. The lowest BCUT2D eigenvalue weighted by atomic mass is 10.1. The van der Waals surface area contributed by atoms with Crippen molar-refractivity contribution in [2.24, 2.45) is 0 Å². The van der Waals surface area contributed by atoms with Gasteiger partial charge in [0.05, 0.1) is 29.9 Å². The van der Waals surface area contributed by atoms with E-state index in [0.717, 1.165) is 0 Å². The predicted molar refractivity (Wildman–Crippen MR) is 84.1 cm³/mol. The lowest BCUT2D eigenvalue weighted by Crippen LogP contribution is -2.46. The van der Waals surface area contributed by atoms with Crippen LogP contribution in [0.2, 0.25) is 0 Å². The smallest absolute Gasteiger partial charge is 0.253 e. The molecule has 6 heteroatoms. The Hall–Kier alpha value is -1.66. The Morgan fingerprint density at radius 3 is 2.41 bits per heavy atom. The Balaban J connectivity index is 2.48. The fourth-order valence-electron chi connectivity index (χ4n) is 1.51. The minimum Gasteiger partial charge on any atom is -0.475 e. The number of carbonyl (C=O) groups is 1. The van der Waals surface area contributed by atoms with Crippen molar-refractivity contribution in [1.82, 2.24) is 10.3 Å². The van der Waals surface area contributed by atoms with Crippen molar-refractivity contribution in [3.05, 3.63) is 23.9 Å². The van der Waals surface area contributed by atoms with Gasteiger partial charge in [0, 0.05) is 12.3 Å². The Morgan fingerprint density at radius 2 is 1.91 bits per heavy atom. The largest absolute Gasteiger partial charge is 0.475 e. The van der Waals surface area contributed by atoms with Crippen molar-refractivity contribution >= 4 is 5.91 Å². The zero-order valence-electron chi connectivity index (χ0n) is 14.0. The lowest BCUT2D eigenvalue weighted by Gasteiger charge is -2.23. The van der Waals surface area contributed by atoms with E-state index in [4.69, 9.17) is 14.6 Å². The number of aromatic nitrogens is 1. The van der Waals surface area contributed by atoms with Gasteiger partial charge in [0.15, 0.2) is 0 Å². The van der Waals surface area contributed by atoms with E-state index < -0.39 is 5.54 Å². The molecule has 2 N–H and O–H groups in total. The van der Waals surface area contributed by atoms with Crippen molar-refractivity contribution in [3.63, 3.8) is 0 Å². The van der Waals surface area contributed by atoms with E-state index in [1.54, 1.807) is 26.0 Å². The molecular formula is C16H26N2O4. The molecule has 0 spiro atoms. The Labute approximate surface area is 131 Å². The van der Waals surface area contributed by atoms with Crippen LogP contribution in [0, 0.1) is 0 Å². The molecule has 1 amide bonds. The number of ether oxygens (including phenoxy) is 2. The normalized spacial score (nSPS) is 12.1. The third-order valence-corrected chi connectivity index (χ3v) is 2.71. The highest BCUT2D eigenvalue weighted by molar-refractivity contribution is 5.94. The summed E-state index contributed by atoms with van der Waals surface area (Å²) in [5.41, 5.74) is -0.450. The Kier molecular flexibility index (Phi) is 6.32. The summed E-state index contributed by atoms with van der Waals surface area (Å²) in [6.45, 7) is 10.1. The molecule has 0 unspecified atom stereocenters. The quantitative estimate of drug-likeness (QED) is 0.750. The molecule has 0 atom stereocenters. The monoisotopic (exact) mass is 310 g/mol. The van der Waals surface area contributed by atoms with Crippen LogP contribution in [0.5, 0.6) is 5.88 Å². The lowest BCUT2D eigenvalue weighted by molar-refractivity contribution is -0.0168. The molecule has 6 nitrogen and oxygen atoms in total. The number of pyridine rings is 1. The second-order valence-electron chi connectivity index (χ2n) is 6.69. The van der Waals surface area contributed by atoms with Gasteiger partial charge in [0.25, 0.3) is 5.91 Å². The second-order valence-corrected chi connectivity index (χ2v) is 6.69. The second kappa shape index (κ2) is 7.56. The highest BCUT2D eigenvalue weighted by atomic mass is 16.5. The Bertz CT molecular complexity index is 478. The van der Waals surface area contributed by atoms with Gasteiger partial charge in [-0.1, -0.05) is 0 Å². The van der Waals surface area contributed by atoms with Gasteiger partial charge in [-0.25, -0.2) is 4.98 Å². The maximum Gasteiger partial charge on any atom is 0.253 e. The highest BCUT2D eigenvalue weighted by Gasteiger charge is 2.20. The van der Waals surface area contributed by atoms with Gasteiger partial charge < -0.3 is 19.9 Å². The molecule has 0 bridgehead atoms. The van der Waals surface area contributed by atoms with Crippen LogP contribution in [0.1, 0.15) is 45.0 Å². The van der Waals surface area contributed by atoms with Gasteiger partial charge in [0.1, 0.15) is 6.61 Å². The zero-order valence-corrected chi connectivity index (χ0v) is 14.0. The average molecular weight is 310 g/mol. The number of rotatable bonds is 7. The summed E-state index contributed by atoms with van der Waals surface area (Å²) in [6.07, 6.45) is 1.45. The number of aliphatic hydroxyl groups excluding tert-OH is 1. The Morgan fingerprint density at radius 1 is 1.23 bits per heavy atom. The number of hydrogen-bond donors (Lipinski definition) is 2. The molecule has 1 aromatic heterocycles. The molecule has 1 heterocycles. The van der Waals surface area contributed by atoms with Crippen molar-refractivity contribution in [2.45, 2.75) is 45.8 Å². The van der Waals surface area contributed by atoms with Gasteiger partial charge in [-0.2, -0.15) is 0 Å². The minimum absolute atomic E-state index is 0.138. The SMILES string of the molecule is CC(C)(CO)NC(=O)c1ccc(OCCOC(C)(C)C)nc1. The first-order chi connectivity index (χ1) is 10.1. The van der Waals surface area contributed by atoms with E-state index in [2.05, 4.69) is 10.3 Å². The first-order valence-electron chi connectivity index (χ1n) is 7.29. The van der Waals surface area contributed by atoms with Gasteiger partial charge in [0.2, 0.25) is 5.88 Å². The van der Waals surface area contributed by atoms with Crippen molar-refractivity contribution in [2.75, 3.05) is 19.8 Å². The zero-order chi connectivity index (χ0) is 16.8. The first-order valence-corrected chi connectivity index (χ1v) is 7.29. The third kappa shape index (κ3) is 6.87. The molecule has 0 saturated carbocycles. The molecular weight excluding hydrogens is 284 g/mol. The number of aliphatic hydroxyl groups is 1. The van der Waals surface area contributed by atoms with Crippen LogP contribution >= 0.6 is 0 Å². The molecule has 0 radical (unpaired) electrons. The summed E-state index contributed by atoms with van der Waals surface area (Å²) in [5.74, 6) is 0.157. The van der Waals surface area contributed by atoms with Crippen LogP contribution < -0.4 is 10.1 Å². The molecule has 0 fully saturated rings. The summed E-state index contributed by atoms with van der Waals surface area (Å²) in [7, 11) is 0. The highest BCUT2D eigenvalue weighted by Crippen LogP contribution is 2.10. The summed E-state index contributed by atoms with van der Waals surface area (Å²) in [6, 6.07) is 3.27. The van der Waals surface area contributed by atoms with Gasteiger partial charge in [-0.3, -0.25) is 4.79 Å². The van der Waals surface area contributed by atoms with Gasteiger partial charge in [-0.15, -0.1) is 0 Å². The maximum absolute atomic E-state index is 12.0. The first kappa shape index (κ1) is 18.4. The maximum atomic E-state index is 12.0. The summed E-state index contributed by atoms with van der Waals surface area (Å²) in [4.78, 5) is 16.1. The molecule has 22 heavy (non-hydrogen) atoms. The molecule has 0 aliphatic heterocycles. The van der Waals surface area contributed by atoms with Crippen LogP contribution in [0.15, 0.2) is 18.3 Å². The fourth-order valence-corrected chi connectivity index (χ4v) is 1.51. The summed E-state index contributed by atoms with van der Waals surface area (Å²) < 4.78 is 11.0. The third-order valence-electron chi connectivity index (χ3n) is 2.71. The number of carbonyl (C=O) groups excluding carboxylic acids is 1. The van der Waals surface area contributed by atoms with Gasteiger partial charge >= 0.3 is 0 Å². The van der Waals surface area contributed by atoms with E-state index in [0.29, 0.717) is 24.7 Å². The number of nitrogens with zero attached hydrogens (tertiary/aromatic N) is 1.